The van der Waals surface area contributed by atoms with E-state index in [0.29, 0.717) is 10.6 Å². The van der Waals surface area contributed by atoms with Crippen molar-refractivity contribution in [3.8, 4) is 0 Å². The molecule has 0 fully saturated rings. The van der Waals surface area contributed by atoms with Gasteiger partial charge < -0.3 is 9.15 Å². The van der Waals surface area contributed by atoms with Crippen LogP contribution in [0.2, 0.25) is 0 Å². The molecule has 4 rings (SSSR count). The molecule has 0 saturated carbocycles. The number of furan rings is 1. The molecule has 0 bridgehead atoms. The normalized spacial score (nSPS) is 11.1. The van der Waals surface area contributed by atoms with E-state index in [1.165, 1.54) is 11.3 Å². The Morgan fingerprint density at radius 1 is 1.23 bits per heavy atom. The van der Waals surface area contributed by atoms with Gasteiger partial charge in [0.15, 0.2) is 0 Å². The van der Waals surface area contributed by atoms with Gasteiger partial charge in [0, 0.05) is 11.6 Å². The van der Waals surface area contributed by atoms with Crippen molar-refractivity contribution in [2.24, 2.45) is 0 Å². The van der Waals surface area contributed by atoms with Crippen LogP contribution in [0, 0.1) is 0 Å². The van der Waals surface area contributed by atoms with Crippen LogP contribution in [0.1, 0.15) is 15.6 Å². The summed E-state index contributed by atoms with van der Waals surface area (Å²) in [5, 5.41) is 1.58. The highest BCUT2D eigenvalue weighted by atomic mass is 32.1. The molecule has 0 aliphatic heterocycles. The fraction of sp³-hybridized carbons (Fsp3) is 0.0625. The van der Waals surface area contributed by atoms with Gasteiger partial charge in [0.05, 0.1) is 0 Å². The topological polar surface area (TPSA) is 65.2 Å². The lowest BCUT2D eigenvalue weighted by atomic mass is 10.2. The van der Waals surface area contributed by atoms with E-state index in [2.05, 4.69) is 9.97 Å². The average molecular weight is 310 g/mol. The molecule has 0 amide bonds. The van der Waals surface area contributed by atoms with Gasteiger partial charge in [0.25, 0.3) is 0 Å². The van der Waals surface area contributed by atoms with Crippen LogP contribution in [0.4, 0.5) is 0 Å². The van der Waals surface area contributed by atoms with Gasteiger partial charge >= 0.3 is 5.97 Å². The van der Waals surface area contributed by atoms with Crippen molar-refractivity contribution in [1.29, 1.82) is 0 Å². The summed E-state index contributed by atoms with van der Waals surface area (Å²) in [4.78, 5) is 21.5. The van der Waals surface area contributed by atoms with Crippen molar-refractivity contribution in [3.05, 3.63) is 59.4 Å². The first kappa shape index (κ1) is 13.0. The SMILES string of the molecule is O=C(OCc1nc2cccnc2s1)c1cc2ccccc2o1. The highest BCUT2D eigenvalue weighted by Gasteiger charge is 2.15. The van der Waals surface area contributed by atoms with Gasteiger partial charge in [-0.3, -0.25) is 0 Å². The Morgan fingerprint density at radius 2 is 2.14 bits per heavy atom. The van der Waals surface area contributed by atoms with Gasteiger partial charge in [-0.1, -0.05) is 29.5 Å². The van der Waals surface area contributed by atoms with Crippen molar-refractivity contribution in [3.63, 3.8) is 0 Å². The lowest BCUT2D eigenvalue weighted by molar-refractivity contribution is 0.0438. The van der Waals surface area contributed by atoms with E-state index >= 15 is 0 Å². The van der Waals surface area contributed by atoms with Crippen LogP contribution in [0.5, 0.6) is 0 Å². The summed E-state index contributed by atoms with van der Waals surface area (Å²) in [6.45, 7) is 0.108. The number of pyridine rings is 1. The third-order valence-electron chi connectivity index (χ3n) is 3.16. The van der Waals surface area contributed by atoms with E-state index in [9.17, 15) is 4.79 Å². The van der Waals surface area contributed by atoms with Crippen LogP contribution >= 0.6 is 11.3 Å². The number of fused-ring (bicyclic) bond motifs is 2. The maximum absolute atomic E-state index is 12.0. The zero-order valence-corrected chi connectivity index (χ0v) is 12.2. The number of rotatable bonds is 3. The maximum atomic E-state index is 12.0. The number of thiazole rings is 1. The van der Waals surface area contributed by atoms with Gasteiger partial charge in [0.2, 0.25) is 5.76 Å². The largest absolute Gasteiger partial charge is 0.452 e. The summed E-state index contributed by atoms with van der Waals surface area (Å²) in [5.41, 5.74) is 1.47. The molecule has 0 aliphatic carbocycles. The highest BCUT2D eigenvalue weighted by molar-refractivity contribution is 7.18. The number of carbonyl (C=O) groups is 1. The molecule has 0 N–H and O–H groups in total. The van der Waals surface area contributed by atoms with Crippen molar-refractivity contribution in [2.45, 2.75) is 6.61 Å². The van der Waals surface area contributed by atoms with Crippen LogP contribution in [0.25, 0.3) is 21.3 Å². The lowest BCUT2D eigenvalue weighted by Gasteiger charge is -1.98. The molecular formula is C16H10N2O3S. The molecule has 1 aromatic carbocycles. The smallest absolute Gasteiger partial charge is 0.374 e. The Labute approximate surface area is 129 Å². The zero-order chi connectivity index (χ0) is 14.9. The molecule has 4 aromatic rings. The van der Waals surface area contributed by atoms with Gasteiger partial charge in [-0.05, 0) is 24.3 Å². The van der Waals surface area contributed by atoms with Crippen LogP contribution in [-0.2, 0) is 11.3 Å². The molecule has 0 aliphatic rings. The fourth-order valence-corrected chi connectivity index (χ4v) is 2.97. The number of aromatic nitrogens is 2. The van der Waals surface area contributed by atoms with Crippen molar-refractivity contribution in [2.75, 3.05) is 0 Å². The number of nitrogens with zero attached hydrogens (tertiary/aromatic N) is 2. The fourth-order valence-electron chi connectivity index (χ4n) is 2.16. The number of esters is 1. The molecule has 108 valence electrons. The van der Waals surface area contributed by atoms with Crippen LogP contribution in [0.3, 0.4) is 0 Å². The number of carbonyl (C=O) groups excluding carboxylic acids is 1. The van der Waals surface area contributed by atoms with E-state index < -0.39 is 5.97 Å². The highest BCUT2D eigenvalue weighted by Crippen LogP contribution is 2.22. The standard InChI is InChI=1S/C16H10N2O3S/c19-16(13-8-10-4-1-2-6-12(10)21-13)20-9-14-18-11-5-3-7-17-15(11)22-14/h1-8H,9H2. The van der Waals surface area contributed by atoms with E-state index in [-0.39, 0.29) is 12.4 Å². The monoisotopic (exact) mass is 310 g/mol. The molecule has 0 radical (unpaired) electrons. The van der Waals surface area contributed by atoms with E-state index in [1.54, 1.807) is 12.3 Å². The third kappa shape index (κ3) is 2.33. The Balaban J connectivity index is 1.51. The minimum atomic E-state index is -0.497. The summed E-state index contributed by atoms with van der Waals surface area (Å²) in [6.07, 6.45) is 1.71. The Hall–Kier alpha value is -2.73. The molecule has 6 heteroatoms. The number of para-hydroxylation sites is 1. The zero-order valence-electron chi connectivity index (χ0n) is 11.4. The van der Waals surface area contributed by atoms with Gasteiger partial charge in [-0.15, -0.1) is 0 Å². The predicted molar refractivity (Wildman–Crippen MR) is 82.7 cm³/mol. The summed E-state index contributed by atoms with van der Waals surface area (Å²) in [6, 6.07) is 12.8. The predicted octanol–water partition coefficient (Wildman–Crippen LogP) is 3.79. The van der Waals surface area contributed by atoms with E-state index in [1.807, 2.05) is 36.4 Å². The first-order valence-corrected chi connectivity index (χ1v) is 7.47. The summed E-state index contributed by atoms with van der Waals surface area (Å²) in [5.74, 6) is -0.302. The molecule has 22 heavy (non-hydrogen) atoms. The summed E-state index contributed by atoms with van der Waals surface area (Å²) in [7, 11) is 0. The van der Waals surface area contributed by atoms with E-state index in [0.717, 1.165) is 15.7 Å². The molecule has 5 nitrogen and oxygen atoms in total. The van der Waals surface area contributed by atoms with Gasteiger partial charge in [-0.2, -0.15) is 0 Å². The molecule has 0 saturated heterocycles. The summed E-state index contributed by atoms with van der Waals surface area (Å²) >= 11 is 1.41. The average Bonchev–Trinajstić information content (AvgIpc) is 3.15. The number of benzene rings is 1. The van der Waals surface area contributed by atoms with Gasteiger partial charge in [0.1, 0.15) is 27.5 Å². The molecule has 3 heterocycles. The van der Waals surface area contributed by atoms with Crippen molar-refractivity contribution >= 4 is 38.6 Å². The minimum Gasteiger partial charge on any atom is -0.452 e. The van der Waals surface area contributed by atoms with Crippen LogP contribution in [0.15, 0.2) is 53.1 Å². The second kappa shape index (κ2) is 5.23. The minimum absolute atomic E-state index is 0.108. The second-order valence-corrected chi connectivity index (χ2v) is 5.72. The van der Waals surface area contributed by atoms with E-state index in [4.69, 9.17) is 9.15 Å². The Kier molecular flexibility index (Phi) is 3.08. The first-order valence-electron chi connectivity index (χ1n) is 6.66. The Bertz CT molecular complexity index is 908. The van der Waals surface area contributed by atoms with Crippen molar-refractivity contribution < 1.29 is 13.9 Å². The Morgan fingerprint density at radius 3 is 3.00 bits per heavy atom. The molecule has 0 atom stereocenters. The number of hydrogen-bond acceptors (Lipinski definition) is 6. The molecule has 3 aromatic heterocycles. The molecular weight excluding hydrogens is 300 g/mol. The van der Waals surface area contributed by atoms with Crippen LogP contribution in [-0.4, -0.2) is 15.9 Å². The van der Waals surface area contributed by atoms with Crippen molar-refractivity contribution in [1.82, 2.24) is 9.97 Å². The molecule has 0 unspecified atom stereocenters. The third-order valence-corrected chi connectivity index (χ3v) is 4.12. The number of ether oxygens (including phenoxy) is 1. The number of hydrogen-bond donors (Lipinski definition) is 0. The van der Waals surface area contributed by atoms with Gasteiger partial charge in [-0.25, -0.2) is 14.8 Å². The second-order valence-electron chi connectivity index (χ2n) is 4.66. The first-order chi connectivity index (χ1) is 10.8. The maximum Gasteiger partial charge on any atom is 0.374 e. The molecule has 0 spiro atoms. The lowest BCUT2D eigenvalue weighted by Crippen LogP contribution is -2.03. The summed E-state index contributed by atoms with van der Waals surface area (Å²) < 4.78 is 10.7. The van der Waals surface area contributed by atoms with Crippen LogP contribution < -0.4 is 0 Å². The quantitative estimate of drug-likeness (QED) is 0.539.